The van der Waals surface area contributed by atoms with Crippen LogP contribution in [0.1, 0.15) is 82.1 Å². The Morgan fingerprint density at radius 3 is 1.00 bits per heavy atom. The Labute approximate surface area is 127 Å². The van der Waals surface area contributed by atoms with E-state index in [1.54, 1.807) is 0 Å². The van der Waals surface area contributed by atoms with Crippen LogP contribution in [0.25, 0.3) is 0 Å². The summed E-state index contributed by atoms with van der Waals surface area (Å²) in [6.45, 7) is 22.3. The largest absolute Gasteiger partial charge is 0.286 e. The Bertz CT molecular complexity index is 311. The van der Waals surface area contributed by atoms with Crippen molar-refractivity contribution >= 4 is 12.4 Å². The molecular formula is C18H36N2. The summed E-state index contributed by atoms with van der Waals surface area (Å²) in [7, 11) is 0. The second kappa shape index (κ2) is 6.41. The molecule has 0 aromatic rings. The Kier molecular flexibility index (Phi) is 6.19. The van der Waals surface area contributed by atoms with Gasteiger partial charge in [0.05, 0.1) is 11.1 Å². The van der Waals surface area contributed by atoms with E-state index in [2.05, 4.69) is 79.2 Å². The minimum atomic E-state index is -0.0293. The molecule has 0 saturated heterocycles. The van der Waals surface area contributed by atoms with Gasteiger partial charge < -0.3 is 0 Å². The van der Waals surface area contributed by atoms with Crippen LogP contribution < -0.4 is 0 Å². The van der Waals surface area contributed by atoms with Crippen molar-refractivity contribution in [1.82, 2.24) is 0 Å². The summed E-state index contributed by atoms with van der Waals surface area (Å²) < 4.78 is 0. The minimum Gasteiger partial charge on any atom is -0.286 e. The third-order valence-corrected chi connectivity index (χ3v) is 2.84. The Morgan fingerprint density at radius 2 is 0.800 bits per heavy atom. The molecule has 0 unspecified atom stereocenters. The zero-order valence-corrected chi connectivity index (χ0v) is 15.5. The molecule has 0 saturated carbocycles. The van der Waals surface area contributed by atoms with E-state index in [1.165, 1.54) is 0 Å². The van der Waals surface area contributed by atoms with Crippen LogP contribution in [0.15, 0.2) is 9.98 Å². The first-order valence-corrected chi connectivity index (χ1v) is 7.71. The zero-order valence-electron chi connectivity index (χ0n) is 15.5. The maximum atomic E-state index is 4.67. The molecule has 0 radical (unpaired) electrons. The summed E-state index contributed by atoms with van der Waals surface area (Å²) in [5.74, 6) is 0. The maximum Gasteiger partial charge on any atom is 0.0557 e. The summed E-state index contributed by atoms with van der Waals surface area (Å²) in [5.41, 5.74) is 0.532. The van der Waals surface area contributed by atoms with E-state index >= 15 is 0 Å². The molecule has 0 aliphatic heterocycles. The molecule has 0 aliphatic carbocycles. The highest BCUT2D eigenvalue weighted by Gasteiger charge is 2.25. The predicted octanol–water partition coefficient (Wildman–Crippen LogP) is 5.56. The lowest BCUT2D eigenvalue weighted by molar-refractivity contribution is 0.287. The smallest absolute Gasteiger partial charge is 0.0557 e. The quantitative estimate of drug-likeness (QED) is 0.589. The van der Waals surface area contributed by atoms with E-state index < -0.39 is 0 Å². The molecule has 0 spiro atoms. The molecule has 20 heavy (non-hydrogen) atoms. The van der Waals surface area contributed by atoms with Crippen LogP contribution in [0.5, 0.6) is 0 Å². The van der Waals surface area contributed by atoms with Crippen molar-refractivity contribution in [3.05, 3.63) is 0 Å². The van der Waals surface area contributed by atoms with E-state index in [1.807, 2.05) is 12.4 Å². The SMILES string of the molecule is CC(C)(C)CC(C)(C)/N=C/C=N/C(C)(C)CC(C)(C)C. The third-order valence-electron chi connectivity index (χ3n) is 2.84. The highest BCUT2D eigenvalue weighted by atomic mass is 14.9. The normalized spacial score (nSPS) is 15.5. The predicted molar refractivity (Wildman–Crippen MR) is 93.3 cm³/mol. The van der Waals surface area contributed by atoms with Gasteiger partial charge in [-0.2, -0.15) is 0 Å². The van der Waals surface area contributed by atoms with Crippen LogP contribution in [0, 0.1) is 10.8 Å². The fourth-order valence-corrected chi connectivity index (χ4v) is 3.16. The van der Waals surface area contributed by atoms with Crippen molar-refractivity contribution < 1.29 is 0 Å². The molecule has 0 fully saturated rings. The second-order valence-electron chi connectivity index (χ2n) is 9.66. The molecule has 0 aliphatic rings. The van der Waals surface area contributed by atoms with E-state index in [4.69, 9.17) is 0 Å². The van der Waals surface area contributed by atoms with Gasteiger partial charge >= 0.3 is 0 Å². The van der Waals surface area contributed by atoms with Gasteiger partial charge in [-0.25, -0.2) is 0 Å². The van der Waals surface area contributed by atoms with Crippen molar-refractivity contribution in [2.45, 2.75) is 93.2 Å². The standard InChI is InChI=1S/C18H36N2/c1-15(2,3)13-17(7,8)19-11-12-20-18(9,10)14-16(4,5)6/h11-12H,13-14H2,1-10H3/b19-11+,20-12+. The summed E-state index contributed by atoms with van der Waals surface area (Å²) in [5, 5.41) is 0. The van der Waals surface area contributed by atoms with Gasteiger partial charge in [0.2, 0.25) is 0 Å². The molecule has 2 nitrogen and oxygen atoms in total. The molecule has 0 aromatic carbocycles. The summed E-state index contributed by atoms with van der Waals surface area (Å²) in [4.78, 5) is 9.33. The molecule has 0 bridgehead atoms. The molecule has 2 heteroatoms. The fraction of sp³-hybridized carbons (Fsp3) is 0.889. The van der Waals surface area contributed by atoms with Gasteiger partial charge in [0.25, 0.3) is 0 Å². The third kappa shape index (κ3) is 11.2. The van der Waals surface area contributed by atoms with Gasteiger partial charge in [0, 0.05) is 12.4 Å². The van der Waals surface area contributed by atoms with E-state index in [-0.39, 0.29) is 11.1 Å². The molecule has 0 rings (SSSR count). The average Bonchev–Trinajstić information content (AvgIpc) is 2.04. The number of nitrogens with zero attached hydrogens (tertiary/aromatic N) is 2. The van der Waals surface area contributed by atoms with Gasteiger partial charge in [0.1, 0.15) is 0 Å². The number of hydrogen-bond acceptors (Lipinski definition) is 2. The van der Waals surface area contributed by atoms with Gasteiger partial charge in [-0.1, -0.05) is 41.5 Å². The van der Waals surface area contributed by atoms with Gasteiger partial charge in [0.15, 0.2) is 0 Å². The number of rotatable bonds is 5. The van der Waals surface area contributed by atoms with Crippen LogP contribution >= 0.6 is 0 Å². The van der Waals surface area contributed by atoms with E-state index in [0.29, 0.717) is 10.8 Å². The molecule has 0 aromatic heterocycles. The minimum absolute atomic E-state index is 0.0293. The van der Waals surface area contributed by atoms with Gasteiger partial charge in [-0.15, -0.1) is 0 Å². The van der Waals surface area contributed by atoms with E-state index in [0.717, 1.165) is 12.8 Å². The van der Waals surface area contributed by atoms with Crippen molar-refractivity contribution in [2.75, 3.05) is 0 Å². The highest BCUT2D eigenvalue weighted by molar-refractivity contribution is 6.16. The summed E-state index contributed by atoms with van der Waals surface area (Å²) >= 11 is 0. The fourth-order valence-electron chi connectivity index (χ4n) is 3.16. The molecule has 0 N–H and O–H groups in total. The topological polar surface area (TPSA) is 24.7 Å². The van der Waals surface area contributed by atoms with Crippen LogP contribution in [0.4, 0.5) is 0 Å². The summed E-state index contributed by atoms with van der Waals surface area (Å²) in [6, 6.07) is 0. The van der Waals surface area contributed by atoms with Crippen LogP contribution in [-0.4, -0.2) is 23.5 Å². The summed E-state index contributed by atoms with van der Waals surface area (Å²) in [6.07, 6.45) is 5.87. The van der Waals surface area contributed by atoms with Gasteiger partial charge in [-0.05, 0) is 51.4 Å². The van der Waals surface area contributed by atoms with Crippen molar-refractivity contribution in [3.8, 4) is 0 Å². The number of aliphatic imine (C=N–C) groups is 2. The van der Waals surface area contributed by atoms with Crippen LogP contribution in [-0.2, 0) is 0 Å². The Hall–Kier alpha value is -0.660. The molecular weight excluding hydrogens is 244 g/mol. The van der Waals surface area contributed by atoms with Crippen LogP contribution in [0.3, 0.4) is 0 Å². The molecule has 0 heterocycles. The lowest BCUT2D eigenvalue weighted by Crippen LogP contribution is -2.26. The van der Waals surface area contributed by atoms with Gasteiger partial charge in [-0.3, -0.25) is 9.98 Å². The number of hydrogen-bond donors (Lipinski definition) is 0. The Balaban J connectivity index is 4.60. The zero-order chi connectivity index (χ0) is 16.2. The highest BCUT2D eigenvalue weighted by Crippen LogP contribution is 2.30. The van der Waals surface area contributed by atoms with E-state index in [9.17, 15) is 0 Å². The van der Waals surface area contributed by atoms with Crippen molar-refractivity contribution in [2.24, 2.45) is 20.8 Å². The van der Waals surface area contributed by atoms with Crippen molar-refractivity contribution in [3.63, 3.8) is 0 Å². The maximum absolute atomic E-state index is 4.67. The Morgan fingerprint density at radius 1 is 0.550 bits per heavy atom. The van der Waals surface area contributed by atoms with Crippen molar-refractivity contribution in [1.29, 1.82) is 0 Å². The first-order valence-electron chi connectivity index (χ1n) is 7.71. The molecule has 0 amide bonds. The average molecular weight is 280 g/mol. The second-order valence-corrected chi connectivity index (χ2v) is 9.66. The first kappa shape index (κ1) is 19.3. The molecule has 118 valence electrons. The molecule has 0 atom stereocenters. The lowest BCUT2D eigenvalue weighted by Gasteiger charge is -2.29. The van der Waals surface area contributed by atoms with Crippen LogP contribution in [0.2, 0.25) is 0 Å². The lowest BCUT2D eigenvalue weighted by atomic mass is 9.82. The first-order chi connectivity index (χ1) is 8.62. The monoisotopic (exact) mass is 280 g/mol.